The first kappa shape index (κ1) is 43.8. The molecule has 13 heteroatoms. The Morgan fingerprint density at radius 2 is 0.969 bits per heavy atom. The first-order valence-electron chi connectivity index (χ1n) is 22.4. The Morgan fingerprint density at radius 1 is 0.523 bits per heavy atom. The van der Waals surface area contributed by atoms with Gasteiger partial charge in [0.05, 0.1) is 16.3 Å². The molecule has 0 spiro atoms. The second-order valence-electron chi connectivity index (χ2n) is 16.9. The van der Waals surface area contributed by atoms with Crippen molar-refractivity contribution in [2.45, 2.75) is 76.3 Å². The van der Waals surface area contributed by atoms with Crippen LogP contribution in [0.4, 0.5) is 0 Å². The van der Waals surface area contributed by atoms with Crippen LogP contribution in [0.5, 0.6) is 11.5 Å². The molecule has 0 bridgehead atoms. The minimum Gasteiger partial charge on any atom is -0.489 e. The van der Waals surface area contributed by atoms with Crippen LogP contribution in [0.25, 0.3) is 45.1 Å². The van der Waals surface area contributed by atoms with Gasteiger partial charge >= 0.3 is 0 Å². The molecule has 3 N–H and O–H groups in total. The quantitative estimate of drug-likeness (QED) is 0.109. The summed E-state index contributed by atoms with van der Waals surface area (Å²) in [4.78, 5) is 25.9. The molecule has 334 valence electrons. The Kier molecular flexibility index (Phi) is 13.3. The zero-order chi connectivity index (χ0) is 43.3. The van der Waals surface area contributed by atoms with Crippen LogP contribution >= 0.6 is 0 Å². The third kappa shape index (κ3) is 10.4. The van der Waals surface area contributed by atoms with Gasteiger partial charge in [0.2, 0.25) is 10.0 Å². The fourth-order valence-corrected chi connectivity index (χ4v) is 10.4. The minimum atomic E-state index is -3.09. The number of sulfonamides is 1. The van der Waals surface area contributed by atoms with E-state index in [1.165, 1.54) is 0 Å². The summed E-state index contributed by atoms with van der Waals surface area (Å²) in [7, 11) is -3.09. The number of fused-ring (bicyclic) bond motifs is 2. The topological polar surface area (TPSA) is 151 Å². The smallest absolute Gasteiger partial charge is 0.216 e. The molecule has 3 fully saturated rings. The van der Waals surface area contributed by atoms with E-state index in [1.807, 2.05) is 109 Å². The zero-order valence-corrected chi connectivity index (χ0v) is 36.5. The maximum absolute atomic E-state index is 12.5. The monoisotopic (exact) mass is 888 g/mol. The molecular weight excluding hydrogens is 833 g/mol. The summed E-state index contributed by atoms with van der Waals surface area (Å²) >= 11 is 0. The average molecular weight is 889 g/mol. The molecule has 1 saturated carbocycles. The number of H-pyrrole nitrogens is 2. The fourth-order valence-electron chi connectivity index (χ4n) is 8.54. The van der Waals surface area contributed by atoms with Crippen molar-refractivity contribution in [1.82, 2.24) is 39.5 Å². The van der Waals surface area contributed by atoms with Crippen molar-refractivity contribution < 1.29 is 17.9 Å². The number of rotatable bonds is 12. The highest BCUT2D eigenvalue weighted by molar-refractivity contribution is 7.90. The SMILES string of the molecule is C.O=S(=O)(C1CC1)N1CCC(c2ccc3[nH]c(-c4ccc(OCc5ccccc5)cc4)nc3n2)CC1.c1ccc(COc2ccc(-c3nc4nc(C5CCNCC5)ccc4[nH]3)cc2)cc1. The van der Waals surface area contributed by atoms with Crippen LogP contribution in [-0.4, -0.2) is 74.1 Å². The number of benzene rings is 4. The largest absolute Gasteiger partial charge is 0.489 e. The van der Waals surface area contributed by atoms with Crippen LogP contribution in [0.3, 0.4) is 0 Å². The predicted octanol–water partition coefficient (Wildman–Crippen LogP) is 10.2. The van der Waals surface area contributed by atoms with Gasteiger partial charge in [-0.15, -0.1) is 0 Å². The highest BCUT2D eigenvalue weighted by Gasteiger charge is 2.41. The lowest BCUT2D eigenvalue weighted by Crippen LogP contribution is -2.39. The molecule has 0 unspecified atom stereocenters. The molecule has 12 nitrogen and oxygen atoms in total. The van der Waals surface area contributed by atoms with E-state index in [1.54, 1.807) is 4.31 Å². The van der Waals surface area contributed by atoms with E-state index in [0.717, 1.165) is 125 Å². The molecule has 2 aliphatic heterocycles. The number of pyridine rings is 2. The van der Waals surface area contributed by atoms with Gasteiger partial charge in [-0.25, -0.2) is 32.7 Å². The molecule has 65 heavy (non-hydrogen) atoms. The molecule has 3 aliphatic rings. The highest BCUT2D eigenvalue weighted by atomic mass is 32.2. The van der Waals surface area contributed by atoms with E-state index < -0.39 is 10.0 Å². The van der Waals surface area contributed by atoms with Gasteiger partial charge in [-0.05, 0) is 136 Å². The summed E-state index contributed by atoms with van der Waals surface area (Å²) in [5.41, 5.74) is 9.77. The minimum absolute atomic E-state index is 0. The lowest BCUT2D eigenvalue weighted by atomic mass is 9.94. The van der Waals surface area contributed by atoms with Crippen molar-refractivity contribution in [2.24, 2.45) is 0 Å². The number of imidazole rings is 2. The molecule has 0 atom stereocenters. The van der Waals surface area contributed by atoms with Crippen LogP contribution in [0.2, 0.25) is 0 Å². The number of hydrogen-bond acceptors (Lipinski definition) is 9. The molecule has 11 rings (SSSR count). The van der Waals surface area contributed by atoms with Crippen LogP contribution in [0.15, 0.2) is 133 Å². The van der Waals surface area contributed by atoms with Crippen molar-refractivity contribution in [1.29, 1.82) is 0 Å². The third-order valence-corrected chi connectivity index (χ3v) is 14.8. The van der Waals surface area contributed by atoms with Crippen LogP contribution in [-0.2, 0) is 23.2 Å². The molecule has 2 saturated heterocycles. The number of ether oxygens (including phenoxy) is 2. The van der Waals surface area contributed by atoms with E-state index in [-0.39, 0.29) is 18.6 Å². The van der Waals surface area contributed by atoms with Crippen molar-refractivity contribution >= 4 is 32.4 Å². The lowest BCUT2D eigenvalue weighted by Gasteiger charge is -2.31. The normalized spacial score (nSPS) is 16.1. The Bertz CT molecular complexity index is 2910. The van der Waals surface area contributed by atoms with Gasteiger partial charge in [-0.2, -0.15) is 0 Å². The maximum Gasteiger partial charge on any atom is 0.216 e. The van der Waals surface area contributed by atoms with Crippen molar-refractivity contribution in [3.05, 3.63) is 156 Å². The second-order valence-corrected chi connectivity index (χ2v) is 19.1. The van der Waals surface area contributed by atoms with Crippen LogP contribution in [0, 0.1) is 0 Å². The first-order chi connectivity index (χ1) is 31.4. The van der Waals surface area contributed by atoms with Crippen molar-refractivity contribution in [2.75, 3.05) is 26.2 Å². The van der Waals surface area contributed by atoms with Gasteiger partial charge in [0.25, 0.3) is 0 Å². The van der Waals surface area contributed by atoms with Gasteiger partial charge in [0, 0.05) is 47.4 Å². The summed E-state index contributed by atoms with van der Waals surface area (Å²) in [5, 5.41) is 3.27. The van der Waals surface area contributed by atoms with Gasteiger partial charge < -0.3 is 24.8 Å². The van der Waals surface area contributed by atoms with E-state index in [0.29, 0.717) is 37.9 Å². The Morgan fingerprint density at radius 3 is 1.42 bits per heavy atom. The number of nitrogens with one attached hydrogen (secondary N) is 3. The van der Waals surface area contributed by atoms with Gasteiger partial charge in [-0.3, -0.25) is 0 Å². The molecule has 4 aromatic heterocycles. The molecular formula is C52H56N8O4S. The summed E-state index contributed by atoms with van der Waals surface area (Å²) in [6.45, 7) is 4.38. The van der Waals surface area contributed by atoms with Gasteiger partial charge in [0.15, 0.2) is 11.3 Å². The van der Waals surface area contributed by atoms with E-state index in [2.05, 4.69) is 39.6 Å². The summed E-state index contributed by atoms with van der Waals surface area (Å²) < 4.78 is 38.5. The number of hydrogen-bond donors (Lipinski definition) is 3. The number of aromatic nitrogens is 6. The van der Waals surface area contributed by atoms with Crippen molar-refractivity contribution in [3.63, 3.8) is 0 Å². The number of nitrogens with zero attached hydrogens (tertiary/aromatic N) is 5. The van der Waals surface area contributed by atoms with Crippen molar-refractivity contribution in [3.8, 4) is 34.3 Å². The second kappa shape index (κ2) is 19.8. The standard InChI is InChI=1S/C27H28N4O3S.C24H24N4O.CH4/c32-35(33,23-10-11-23)31-16-14-20(15-17-31)24-12-13-25-27(28-24)30-26(29-25)21-6-8-22(9-7-21)34-18-19-4-2-1-3-5-19;1-2-4-17(5-3-1)16-29-20-8-6-19(7-9-20)23-27-22-11-10-21(26-24(22)28-23)18-12-14-25-15-13-18;/h1-9,12-13,20,23H,10-11,14-18H2,(H,28,29,30);1-11,18,25H,12-16H2,(H,26,27,28);1H4. The third-order valence-electron chi connectivity index (χ3n) is 12.4. The van der Waals surface area contributed by atoms with Gasteiger partial charge in [0.1, 0.15) is 36.4 Å². The Labute approximate surface area is 381 Å². The molecule has 0 radical (unpaired) electrons. The summed E-state index contributed by atoms with van der Waals surface area (Å²) in [6.07, 6.45) is 5.50. The zero-order valence-electron chi connectivity index (χ0n) is 35.7. The maximum atomic E-state index is 12.5. The first-order valence-corrected chi connectivity index (χ1v) is 23.9. The lowest BCUT2D eigenvalue weighted by molar-refractivity contribution is 0.306. The summed E-state index contributed by atoms with van der Waals surface area (Å²) in [5.74, 6) is 4.05. The Balaban J connectivity index is 0.000000164. The van der Waals surface area contributed by atoms with Crippen LogP contribution in [0.1, 0.15) is 80.3 Å². The van der Waals surface area contributed by atoms with E-state index in [4.69, 9.17) is 29.4 Å². The molecule has 6 heterocycles. The van der Waals surface area contributed by atoms with Crippen LogP contribution < -0.4 is 14.8 Å². The molecule has 0 amide bonds. The predicted molar refractivity (Wildman–Crippen MR) is 257 cm³/mol. The number of piperidine rings is 2. The Hall–Kier alpha value is -6.41. The molecule has 8 aromatic rings. The van der Waals surface area contributed by atoms with E-state index >= 15 is 0 Å². The average Bonchev–Trinajstić information content (AvgIpc) is 4.01. The molecule has 4 aromatic carbocycles. The number of aromatic amines is 2. The van der Waals surface area contributed by atoms with Gasteiger partial charge in [-0.1, -0.05) is 68.1 Å². The fraction of sp³-hybridized carbons (Fsp3) is 0.308. The van der Waals surface area contributed by atoms with E-state index in [9.17, 15) is 8.42 Å². The summed E-state index contributed by atoms with van der Waals surface area (Å²) in [6, 6.07) is 44.5. The highest BCUT2D eigenvalue weighted by Crippen LogP contribution is 2.36. The molecule has 1 aliphatic carbocycles.